The molecule has 88 valence electrons. The molecule has 0 saturated heterocycles. The van der Waals surface area contributed by atoms with Gasteiger partial charge in [0.2, 0.25) is 0 Å². The molecule has 1 N–H and O–H groups in total. The highest BCUT2D eigenvalue weighted by molar-refractivity contribution is 9.10. The molecule has 2 rings (SSSR count). The van der Waals surface area contributed by atoms with Crippen molar-refractivity contribution in [2.75, 3.05) is 0 Å². The number of aliphatic hydroxyl groups is 1. The number of rotatable bonds is 3. The van der Waals surface area contributed by atoms with Crippen LogP contribution in [-0.4, -0.2) is 11.2 Å². The van der Waals surface area contributed by atoms with Crippen molar-refractivity contribution in [3.05, 3.63) is 33.3 Å². The molecular formula is C13H16BrClO. The quantitative estimate of drug-likeness (QED) is 0.887. The molecule has 1 saturated carbocycles. The van der Waals surface area contributed by atoms with E-state index >= 15 is 0 Å². The molecular weight excluding hydrogens is 287 g/mol. The Hall–Kier alpha value is -0.0500. The molecule has 1 aliphatic rings. The maximum atomic E-state index is 10.1. The van der Waals surface area contributed by atoms with Gasteiger partial charge in [-0.05, 0) is 36.5 Å². The van der Waals surface area contributed by atoms with E-state index in [0.29, 0.717) is 12.3 Å². The van der Waals surface area contributed by atoms with Crippen LogP contribution in [0.15, 0.2) is 22.7 Å². The highest BCUT2D eigenvalue weighted by atomic mass is 79.9. The Morgan fingerprint density at radius 1 is 1.38 bits per heavy atom. The highest BCUT2D eigenvalue weighted by Crippen LogP contribution is 2.31. The van der Waals surface area contributed by atoms with E-state index in [-0.39, 0.29) is 6.10 Å². The van der Waals surface area contributed by atoms with Gasteiger partial charge < -0.3 is 5.11 Å². The molecule has 16 heavy (non-hydrogen) atoms. The van der Waals surface area contributed by atoms with Gasteiger partial charge in [-0.2, -0.15) is 0 Å². The third kappa shape index (κ3) is 2.99. The summed E-state index contributed by atoms with van der Waals surface area (Å²) < 4.78 is 0.983. The fourth-order valence-electron chi connectivity index (χ4n) is 2.42. The Bertz CT molecular complexity index is 361. The fraction of sp³-hybridized carbons (Fsp3) is 0.538. The molecule has 3 heteroatoms. The standard InChI is InChI=1S/C13H16BrClO/c14-11-6-5-10(12(15)8-11)7-13(16)9-3-1-2-4-9/h5-6,8-9,13,16H,1-4,7H2. The molecule has 0 aromatic heterocycles. The van der Waals surface area contributed by atoms with E-state index in [2.05, 4.69) is 15.9 Å². The highest BCUT2D eigenvalue weighted by Gasteiger charge is 2.23. The van der Waals surface area contributed by atoms with Crippen molar-refractivity contribution in [2.24, 2.45) is 5.92 Å². The van der Waals surface area contributed by atoms with Crippen molar-refractivity contribution < 1.29 is 5.11 Å². The van der Waals surface area contributed by atoms with Gasteiger partial charge >= 0.3 is 0 Å². The average Bonchev–Trinajstić information content (AvgIpc) is 2.75. The first-order valence-corrected chi connectivity index (χ1v) is 6.96. The fourth-order valence-corrected chi connectivity index (χ4v) is 3.17. The molecule has 0 amide bonds. The Balaban J connectivity index is 2.02. The van der Waals surface area contributed by atoms with Crippen molar-refractivity contribution in [1.82, 2.24) is 0 Å². The molecule has 0 aliphatic heterocycles. The molecule has 1 nitrogen and oxygen atoms in total. The van der Waals surface area contributed by atoms with Gasteiger partial charge in [0.15, 0.2) is 0 Å². The largest absolute Gasteiger partial charge is 0.392 e. The summed E-state index contributed by atoms with van der Waals surface area (Å²) in [6, 6.07) is 5.85. The molecule has 0 bridgehead atoms. The zero-order valence-corrected chi connectivity index (χ0v) is 11.5. The lowest BCUT2D eigenvalue weighted by Gasteiger charge is -2.18. The molecule has 1 aliphatic carbocycles. The van der Waals surface area contributed by atoms with Crippen LogP contribution in [0.1, 0.15) is 31.2 Å². The van der Waals surface area contributed by atoms with Gasteiger partial charge in [-0.3, -0.25) is 0 Å². The maximum Gasteiger partial charge on any atom is 0.0609 e. The van der Waals surface area contributed by atoms with Gasteiger partial charge in [0, 0.05) is 15.9 Å². The van der Waals surface area contributed by atoms with E-state index in [9.17, 15) is 5.11 Å². The summed E-state index contributed by atoms with van der Waals surface area (Å²) in [7, 11) is 0. The zero-order chi connectivity index (χ0) is 11.5. The Labute approximate surface area is 110 Å². The second-order valence-electron chi connectivity index (χ2n) is 4.55. The second kappa shape index (κ2) is 5.52. The van der Waals surface area contributed by atoms with E-state index in [1.165, 1.54) is 12.8 Å². The minimum atomic E-state index is -0.235. The van der Waals surface area contributed by atoms with Crippen LogP contribution in [0.3, 0.4) is 0 Å². The van der Waals surface area contributed by atoms with Gasteiger partial charge in [0.25, 0.3) is 0 Å². The minimum Gasteiger partial charge on any atom is -0.392 e. The number of benzene rings is 1. The Kier molecular flexibility index (Phi) is 4.28. The monoisotopic (exact) mass is 302 g/mol. The van der Waals surface area contributed by atoms with Gasteiger partial charge in [-0.15, -0.1) is 0 Å². The lowest BCUT2D eigenvalue weighted by Crippen LogP contribution is -2.20. The Morgan fingerprint density at radius 3 is 2.69 bits per heavy atom. The molecule has 0 radical (unpaired) electrons. The van der Waals surface area contributed by atoms with Crippen LogP contribution in [0.25, 0.3) is 0 Å². The van der Waals surface area contributed by atoms with Crippen molar-refractivity contribution in [2.45, 2.75) is 38.2 Å². The van der Waals surface area contributed by atoms with Gasteiger partial charge in [0.05, 0.1) is 6.10 Å². The van der Waals surface area contributed by atoms with Crippen LogP contribution < -0.4 is 0 Å². The summed E-state index contributed by atoms with van der Waals surface area (Å²) in [6.07, 6.45) is 5.29. The smallest absolute Gasteiger partial charge is 0.0609 e. The third-order valence-corrected chi connectivity index (χ3v) is 4.23. The summed E-state index contributed by atoms with van der Waals surface area (Å²) in [5.74, 6) is 0.472. The van der Waals surface area contributed by atoms with E-state index in [1.54, 1.807) is 0 Å². The molecule has 1 fully saturated rings. The van der Waals surface area contributed by atoms with Crippen LogP contribution >= 0.6 is 27.5 Å². The summed E-state index contributed by atoms with van der Waals surface area (Å²) in [4.78, 5) is 0. The topological polar surface area (TPSA) is 20.2 Å². The molecule has 1 atom stereocenters. The number of hydrogen-bond acceptors (Lipinski definition) is 1. The normalized spacial score (nSPS) is 18.9. The predicted octanol–water partition coefficient (Wildman–Crippen LogP) is 4.20. The van der Waals surface area contributed by atoms with E-state index < -0.39 is 0 Å². The lowest BCUT2D eigenvalue weighted by atomic mass is 9.95. The number of hydrogen-bond donors (Lipinski definition) is 1. The molecule has 1 aromatic carbocycles. The van der Waals surface area contributed by atoms with Crippen LogP contribution in [0.2, 0.25) is 5.02 Å². The zero-order valence-electron chi connectivity index (χ0n) is 9.13. The van der Waals surface area contributed by atoms with Crippen LogP contribution in [-0.2, 0) is 6.42 Å². The van der Waals surface area contributed by atoms with Crippen LogP contribution in [0.4, 0.5) is 0 Å². The molecule has 0 heterocycles. The summed E-state index contributed by atoms with van der Waals surface area (Å²) >= 11 is 9.52. The summed E-state index contributed by atoms with van der Waals surface area (Å²) in [5, 5.41) is 10.9. The minimum absolute atomic E-state index is 0.235. The van der Waals surface area contributed by atoms with Crippen molar-refractivity contribution in [1.29, 1.82) is 0 Å². The first kappa shape index (κ1) is 12.4. The van der Waals surface area contributed by atoms with Crippen molar-refractivity contribution in [3.8, 4) is 0 Å². The first-order chi connectivity index (χ1) is 7.66. The predicted molar refractivity (Wildman–Crippen MR) is 70.8 cm³/mol. The van der Waals surface area contributed by atoms with Crippen LogP contribution in [0, 0.1) is 5.92 Å². The van der Waals surface area contributed by atoms with Crippen molar-refractivity contribution >= 4 is 27.5 Å². The summed E-state index contributed by atoms with van der Waals surface area (Å²) in [6.45, 7) is 0. The molecule has 1 unspecified atom stereocenters. The third-order valence-electron chi connectivity index (χ3n) is 3.39. The number of halogens is 2. The average molecular weight is 304 g/mol. The molecule has 1 aromatic rings. The second-order valence-corrected chi connectivity index (χ2v) is 5.87. The summed E-state index contributed by atoms with van der Waals surface area (Å²) in [5.41, 5.74) is 1.05. The SMILES string of the molecule is OC(Cc1ccc(Br)cc1Cl)C1CCCC1. The molecule has 0 spiro atoms. The van der Waals surface area contributed by atoms with E-state index in [4.69, 9.17) is 11.6 Å². The first-order valence-electron chi connectivity index (χ1n) is 5.79. The maximum absolute atomic E-state index is 10.1. The van der Waals surface area contributed by atoms with Gasteiger partial charge in [0.1, 0.15) is 0 Å². The van der Waals surface area contributed by atoms with E-state index in [0.717, 1.165) is 27.9 Å². The number of aliphatic hydroxyl groups excluding tert-OH is 1. The Morgan fingerprint density at radius 2 is 2.06 bits per heavy atom. The van der Waals surface area contributed by atoms with E-state index in [1.807, 2.05) is 18.2 Å². The van der Waals surface area contributed by atoms with Gasteiger partial charge in [-0.1, -0.05) is 46.4 Å². The van der Waals surface area contributed by atoms with Crippen molar-refractivity contribution in [3.63, 3.8) is 0 Å². The lowest BCUT2D eigenvalue weighted by molar-refractivity contribution is 0.111. The van der Waals surface area contributed by atoms with Crippen LogP contribution in [0.5, 0.6) is 0 Å². The van der Waals surface area contributed by atoms with Gasteiger partial charge in [-0.25, -0.2) is 0 Å².